The molecule has 134 valence electrons. The molecule has 2 aromatic rings. The summed E-state index contributed by atoms with van der Waals surface area (Å²) in [6, 6.07) is 9.89. The highest BCUT2D eigenvalue weighted by atomic mass is 16.6. The number of carbonyl (C=O) groups excluding carboxylic acids is 1. The minimum absolute atomic E-state index is 0.188. The van der Waals surface area contributed by atoms with Crippen molar-refractivity contribution in [1.82, 2.24) is 4.98 Å². The van der Waals surface area contributed by atoms with Gasteiger partial charge in [0.1, 0.15) is 6.10 Å². The Morgan fingerprint density at radius 1 is 1.24 bits per heavy atom. The van der Waals surface area contributed by atoms with Gasteiger partial charge in [0, 0.05) is 12.3 Å². The molecule has 0 aliphatic heterocycles. The van der Waals surface area contributed by atoms with Crippen LogP contribution in [-0.2, 0) is 14.3 Å². The molecule has 0 saturated carbocycles. The third-order valence-electron chi connectivity index (χ3n) is 3.71. The molecule has 0 spiro atoms. The fourth-order valence-electron chi connectivity index (χ4n) is 2.41. The topological polar surface area (TPSA) is 68.7 Å². The number of fused-ring (bicyclic) bond motifs is 1. The number of aromatic nitrogens is 1. The van der Waals surface area contributed by atoms with Crippen LogP contribution in [-0.4, -0.2) is 29.0 Å². The lowest BCUT2D eigenvalue weighted by atomic mass is 10.1. The molecule has 2 rings (SSSR count). The second-order valence-corrected chi connectivity index (χ2v) is 6.21. The third-order valence-corrected chi connectivity index (χ3v) is 3.71. The standard InChI is InChI=1S/C20H25NO4/c1-13(12-24-15(3)22)5-6-17-7-8-18-9-10-19(21-20(18)11-17)14(2)25-16(4)23/h5-11,13-15,22H,12H2,1-4H3/b6-5+/t13?,14-,15?/m1/s1. The van der Waals surface area contributed by atoms with Crippen LogP contribution in [0.4, 0.5) is 0 Å². The van der Waals surface area contributed by atoms with Gasteiger partial charge in [-0.2, -0.15) is 0 Å². The Hall–Kier alpha value is -2.24. The molecule has 0 amide bonds. The Labute approximate surface area is 148 Å². The zero-order valence-electron chi connectivity index (χ0n) is 15.1. The summed E-state index contributed by atoms with van der Waals surface area (Å²) in [5.74, 6) is -0.131. The van der Waals surface area contributed by atoms with Crippen molar-refractivity contribution in [3.63, 3.8) is 0 Å². The molecular weight excluding hydrogens is 318 g/mol. The first-order valence-corrected chi connectivity index (χ1v) is 8.41. The number of hydrogen-bond acceptors (Lipinski definition) is 5. The van der Waals surface area contributed by atoms with E-state index < -0.39 is 6.29 Å². The number of ether oxygens (including phenoxy) is 2. The van der Waals surface area contributed by atoms with Gasteiger partial charge in [0.25, 0.3) is 0 Å². The molecule has 2 unspecified atom stereocenters. The maximum Gasteiger partial charge on any atom is 0.303 e. The van der Waals surface area contributed by atoms with Gasteiger partial charge in [0.2, 0.25) is 0 Å². The van der Waals surface area contributed by atoms with E-state index in [2.05, 4.69) is 4.98 Å². The van der Waals surface area contributed by atoms with Crippen molar-refractivity contribution in [3.05, 3.63) is 47.7 Å². The molecule has 1 aromatic carbocycles. The van der Waals surface area contributed by atoms with Crippen LogP contribution in [0.25, 0.3) is 17.0 Å². The van der Waals surface area contributed by atoms with Crippen LogP contribution < -0.4 is 0 Å². The van der Waals surface area contributed by atoms with E-state index in [0.717, 1.165) is 22.2 Å². The lowest BCUT2D eigenvalue weighted by molar-refractivity contribution is -0.145. The van der Waals surface area contributed by atoms with Gasteiger partial charge in [-0.25, -0.2) is 4.98 Å². The van der Waals surface area contributed by atoms with Crippen LogP contribution in [0.15, 0.2) is 36.4 Å². The highest BCUT2D eigenvalue weighted by Gasteiger charge is 2.10. The molecule has 1 N–H and O–H groups in total. The van der Waals surface area contributed by atoms with E-state index in [-0.39, 0.29) is 18.0 Å². The van der Waals surface area contributed by atoms with Crippen LogP contribution in [0, 0.1) is 5.92 Å². The van der Waals surface area contributed by atoms with Crippen LogP contribution in [0.3, 0.4) is 0 Å². The van der Waals surface area contributed by atoms with Crippen molar-refractivity contribution in [2.45, 2.75) is 40.1 Å². The van der Waals surface area contributed by atoms with Crippen molar-refractivity contribution < 1.29 is 19.4 Å². The summed E-state index contributed by atoms with van der Waals surface area (Å²) in [6.07, 6.45) is 2.92. The lowest BCUT2D eigenvalue weighted by Crippen LogP contribution is -2.11. The maximum atomic E-state index is 11.1. The third kappa shape index (κ3) is 5.96. The first kappa shape index (κ1) is 19.1. The second kappa shape index (κ2) is 8.74. The normalized spacial score (nSPS) is 15.2. The first-order valence-electron chi connectivity index (χ1n) is 8.41. The van der Waals surface area contributed by atoms with E-state index in [0.29, 0.717) is 6.61 Å². The van der Waals surface area contributed by atoms with Gasteiger partial charge in [0.05, 0.1) is 17.8 Å². The van der Waals surface area contributed by atoms with Gasteiger partial charge in [-0.05, 0) is 37.5 Å². The van der Waals surface area contributed by atoms with Gasteiger partial charge < -0.3 is 14.6 Å². The molecule has 0 aliphatic rings. The zero-order chi connectivity index (χ0) is 18.4. The number of carbonyl (C=O) groups is 1. The number of aliphatic hydroxyl groups excluding tert-OH is 1. The Morgan fingerprint density at radius 2 is 1.96 bits per heavy atom. The summed E-state index contributed by atoms with van der Waals surface area (Å²) < 4.78 is 10.4. The molecular formula is C20H25NO4. The molecule has 5 nitrogen and oxygen atoms in total. The van der Waals surface area contributed by atoms with Gasteiger partial charge >= 0.3 is 5.97 Å². The number of rotatable bonds is 7. The summed E-state index contributed by atoms with van der Waals surface area (Å²) in [5, 5.41) is 10.2. The van der Waals surface area contributed by atoms with Crippen LogP contribution in [0.1, 0.15) is 45.1 Å². The number of benzene rings is 1. The average Bonchev–Trinajstić information content (AvgIpc) is 2.56. The van der Waals surface area contributed by atoms with Crippen LogP contribution >= 0.6 is 0 Å². The van der Waals surface area contributed by atoms with Crippen molar-refractivity contribution in [2.75, 3.05) is 6.61 Å². The fourth-order valence-corrected chi connectivity index (χ4v) is 2.41. The summed E-state index contributed by atoms with van der Waals surface area (Å²) in [4.78, 5) is 15.7. The SMILES string of the molecule is CC(=O)O[C@H](C)c1ccc2ccc(/C=C/C(C)COC(C)O)cc2n1. The van der Waals surface area contributed by atoms with Crippen molar-refractivity contribution in [3.8, 4) is 0 Å². The minimum Gasteiger partial charge on any atom is -0.456 e. The summed E-state index contributed by atoms with van der Waals surface area (Å²) in [5.41, 5.74) is 2.61. The van der Waals surface area contributed by atoms with Gasteiger partial charge in [0.15, 0.2) is 6.29 Å². The van der Waals surface area contributed by atoms with E-state index in [1.807, 2.05) is 56.3 Å². The van der Waals surface area contributed by atoms with E-state index in [4.69, 9.17) is 14.6 Å². The Bertz CT molecular complexity index is 754. The number of aliphatic hydroxyl groups is 1. The van der Waals surface area contributed by atoms with Gasteiger partial charge in [-0.3, -0.25) is 4.79 Å². The largest absolute Gasteiger partial charge is 0.456 e. The monoisotopic (exact) mass is 343 g/mol. The van der Waals surface area contributed by atoms with E-state index in [9.17, 15) is 4.79 Å². The Balaban J connectivity index is 2.15. The number of esters is 1. The minimum atomic E-state index is -0.752. The van der Waals surface area contributed by atoms with E-state index in [1.54, 1.807) is 6.92 Å². The maximum absolute atomic E-state index is 11.1. The Morgan fingerprint density at radius 3 is 2.64 bits per heavy atom. The molecule has 5 heteroatoms. The molecule has 0 radical (unpaired) electrons. The van der Waals surface area contributed by atoms with E-state index >= 15 is 0 Å². The van der Waals surface area contributed by atoms with Crippen molar-refractivity contribution in [1.29, 1.82) is 0 Å². The highest BCUT2D eigenvalue weighted by Crippen LogP contribution is 2.21. The fraction of sp³-hybridized carbons (Fsp3) is 0.400. The molecule has 3 atom stereocenters. The average molecular weight is 343 g/mol. The molecule has 0 saturated heterocycles. The smallest absolute Gasteiger partial charge is 0.303 e. The number of hydrogen-bond donors (Lipinski definition) is 1. The lowest BCUT2D eigenvalue weighted by Gasteiger charge is -2.12. The number of pyridine rings is 1. The van der Waals surface area contributed by atoms with Crippen LogP contribution in [0.2, 0.25) is 0 Å². The summed E-state index contributed by atoms with van der Waals surface area (Å²) >= 11 is 0. The Kier molecular flexibility index (Phi) is 6.67. The highest BCUT2D eigenvalue weighted by molar-refractivity contribution is 5.81. The van der Waals surface area contributed by atoms with Crippen molar-refractivity contribution in [2.24, 2.45) is 5.92 Å². The summed E-state index contributed by atoms with van der Waals surface area (Å²) in [7, 11) is 0. The number of nitrogens with zero attached hydrogens (tertiary/aromatic N) is 1. The summed E-state index contributed by atoms with van der Waals surface area (Å²) in [6.45, 7) is 7.28. The van der Waals surface area contributed by atoms with Crippen LogP contribution in [0.5, 0.6) is 0 Å². The molecule has 1 heterocycles. The molecule has 0 fully saturated rings. The molecule has 1 aromatic heterocycles. The van der Waals surface area contributed by atoms with Gasteiger partial charge in [-0.1, -0.05) is 37.3 Å². The predicted octanol–water partition coefficient (Wildman–Crippen LogP) is 3.86. The zero-order valence-corrected chi connectivity index (χ0v) is 15.1. The molecule has 0 aliphatic carbocycles. The molecule has 25 heavy (non-hydrogen) atoms. The van der Waals surface area contributed by atoms with Crippen molar-refractivity contribution >= 4 is 22.9 Å². The quantitative estimate of drug-likeness (QED) is 0.611. The molecule has 0 bridgehead atoms. The first-order chi connectivity index (χ1) is 11.8. The predicted molar refractivity (Wildman–Crippen MR) is 97.8 cm³/mol. The van der Waals surface area contributed by atoms with E-state index in [1.165, 1.54) is 6.92 Å². The second-order valence-electron chi connectivity index (χ2n) is 6.21. The van der Waals surface area contributed by atoms with Gasteiger partial charge in [-0.15, -0.1) is 0 Å².